The third-order valence-electron chi connectivity index (χ3n) is 5.36. The lowest BCUT2D eigenvalue weighted by molar-refractivity contribution is -0.129. The fourth-order valence-corrected chi connectivity index (χ4v) is 4.62. The van der Waals surface area contributed by atoms with Crippen LogP contribution in [0.4, 0.5) is 4.79 Å². The van der Waals surface area contributed by atoms with Crippen molar-refractivity contribution < 1.29 is 9.59 Å². The molecule has 0 spiro atoms. The van der Waals surface area contributed by atoms with Crippen molar-refractivity contribution in [2.45, 2.75) is 19.1 Å². The molecule has 32 heavy (non-hydrogen) atoms. The second-order valence-corrected chi connectivity index (χ2v) is 8.35. The van der Waals surface area contributed by atoms with Crippen molar-refractivity contribution in [3.8, 4) is 10.7 Å². The van der Waals surface area contributed by atoms with E-state index in [1.807, 2.05) is 84.2 Å². The highest BCUT2D eigenvalue weighted by Gasteiger charge is 2.45. The van der Waals surface area contributed by atoms with E-state index in [9.17, 15) is 9.59 Å². The number of imide groups is 1. The van der Waals surface area contributed by atoms with Gasteiger partial charge in [0.1, 0.15) is 11.0 Å². The molecule has 6 nitrogen and oxygen atoms in total. The van der Waals surface area contributed by atoms with Crippen molar-refractivity contribution in [1.29, 1.82) is 0 Å². The molecule has 158 valence electrons. The van der Waals surface area contributed by atoms with Crippen LogP contribution >= 0.6 is 11.3 Å². The molecular formula is C25H20N4O2S. The monoisotopic (exact) mass is 440 g/mol. The van der Waals surface area contributed by atoms with Gasteiger partial charge < -0.3 is 4.90 Å². The lowest BCUT2D eigenvalue weighted by atomic mass is 10.1. The Morgan fingerprint density at radius 1 is 0.844 bits per heavy atom. The first-order valence-corrected chi connectivity index (χ1v) is 11.2. The highest BCUT2D eigenvalue weighted by Crippen LogP contribution is 2.34. The van der Waals surface area contributed by atoms with Crippen LogP contribution in [0.15, 0.2) is 90.4 Å². The number of thiazole rings is 1. The fourth-order valence-electron chi connectivity index (χ4n) is 3.83. The predicted octanol–water partition coefficient (Wildman–Crippen LogP) is 4.91. The standard InChI is InChI=1S/C25H20N4O2S/c30-24-22(19-11-5-2-6-12-19)28(15-18-9-3-1-4-10-18)25(31)29(24)16-20-17-32-23(27-20)21-13-7-8-14-26-21/h1-14,17,22H,15-16H2. The summed E-state index contributed by atoms with van der Waals surface area (Å²) in [4.78, 5) is 38.7. The van der Waals surface area contributed by atoms with Gasteiger partial charge >= 0.3 is 6.03 Å². The number of aromatic nitrogens is 2. The Bertz CT molecular complexity index is 1230. The van der Waals surface area contributed by atoms with Crippen LogP contribution in [-0.2, 0) is 17.9 Å². The first-order valence-electron chi connectivity index (χ1n) is 10.3. The van der Waals surface area contributed by atoms with E-state index in [4.69, 9.17) is 0 Å². The van der Waals surface area contributed by atoms with E-state index in [1.165, 1.54) is 16.2 Å². The van der Waals surface area contributed by atoms with Gasteiger partial charge in [-0.05, 0) is 23.3 Å². The molecule has 2 aromatic carbocycles. The number of amides is 3. The molecule has 1 aliphatic rings. The smallest absolute Gasteiger partial charge is 0.304 e. The molecule has 0 N–H and O–H groups in total. The van der Waals surface area contributed by atoms with Gasteiger partial charge in [0.05, 0.1) is 17.9 Å². The summed E-state index contributed by atoms with van der Waals surface area (Å²) >= 11 is 1.45. The van der Waals surface area contributed by atoms with E-state index in [0.29, 0.717) is 12.2 Å². The second-order valence-electron chi connectivity index (χ2n) is 7.49. The highest BCUT2D eigenvalue weighted by atomic mass is 32.1. The number of carbonyl (C=O) groups excluding carboxylic acids is 2. The fraction of sp³-hybridized carbons (Fsp3) is 0.120. The van der Waals surface area contributed by atoms with Gasteiger partial charge in [-0.3, -0.25) is 14.7 Å². The molecule has 0 saturated carbocycles. The van der Waals surface area contributed by atoms with Gasteiger partial charge in [-0.15, -0.1) is 11.3 Å². The van der Waals surface area contributed by atoms with Crippen LogP contribution in [0.5, 0.6) is 0 Å². The van der Waals surface area contributed by atoms with E-state index >= 15 is 0 Å². The van der Waals surface area contributed by atoms with Gasteiger partial charge in [-0.25, -0.2) is 9.78 Å². The zero-order chi connectivity index (χ0) is 21.9. The van der Waals surface area contributed by atoms with Crippen molar-refractivity contribution in [3.05, 3.63) is 107 Å². The van der Waals surface area contributed by atoms with Crippen LogP contribution < -0.4 is 0 Å². The Labute approximate surface area is 189 Å². The SMILES string of the molecule is O=C1C(c2ccccc2)N(Cc2ccccc2)C(=O)N1Cc1csc(-c2ccccn2)n1. The number of hydrogen-bond acceptors (Lipinski definition) is 5. The molecule has 1 fully saturated rings. The lowest BCUT2D eigenvalue weighted by Crippen LogP contribution is -2.32. The zero-order valence-corrected chi connectivity index (χ0v) is 18.0. The van der Waals surface area contributed by atoms with Crippen LogP contribution in [0.1, 0.15) is 22.9 Å². The molecule has 4 aromatic rings. The Kier molecular flexibility index (Phi) is 5.47. The van der Waals surface area contributed by atoms with Crippen molar-refractivity contribution in [1.82, 2.24) is 19.8 Å². The molecule has 3 heterocycles. The molecule has 1 aliphatic heterocycles. The molecular weight excluding hydrogens is 420 g/mol. The predicted molar refractivity (Wildman–Crippen MR) is 122 cm³/mol. The Balaban J connectivity index is 1.43. The molecule has 0 bridgehead atoms. The molecule has 5 rings (SSSR count). The minimum atomic E-state index is -0.655. The number of urea groups is 1. The highest BCUT2D eigenvalue weighted by molar-refractivity contribution is 7.13. The maximum absolute atomic E-state index is 13.4. The van der Waals surface area contributed by atoms with Gasteiger partial charge in [0.25, 0.3) is 5.91 Å². The number of benzene rings is 2. The van der Waals surface area contributed by atoms with Crippen LogP contribution in [0.2, 0.25) is 0 Å². The summed E-state index contributed by atoms with van der Waals surface area (Å²) in [5.74, 6) is -0.232. The molecule has 7 heteroatoms. The van der Waals surface area contributed by atoms with Crippen molar-refractivity contribution >= 4 is 23.3 Å². The van der Waals surface area contributed by atoms with E-state index in [2.05, 4.69) is 9.97 Å². The lowest BCUT2D eigenvalue weighted by Gasteiger charge is -2.22. The number of pyridine rings is 1. The van der Waals surface area contributed by atoms with Crippen LogP contribution in [0.3, 0.4) is 0 Å². The second kappa shape index (κ2) is 8.72. The topological polar surface area (TPSA) is 66.4 Å². The third-order valence-corrected chi connectivity index (χ3v) is 6.27. The normalized spacial score (nSPS) is 16.1. The number of nitrogens with zero attached hydrogens (tertiary/aromatic N) is 4. The number of carbonyl (C=O) groups is 2. The summed E-state index contributed by atoms with van der Waals surface area (Å²) in [5, 5.41) is 2.64. The maximum Gasteiger partial charge on any atom is 0.328 e. The Morgan fingerprint density at radius 3 is 2.28 bits per heavy atom. The molecule has 3 amide bonds. The number of hydrogen-bond donors (Lipinski definition) is 0. The molecule has 1 atom stereocenters. The summed E-state index contributed by atoms with van der Waals surface area (Å²) in [7, 11) is 0. The number of rotatable bonds is 6. The largest absolute Gasteiger partial charge is 0.328 e. The van der Waals surface area contributed by atoms with Crippen molar-refractivity contribution in [2.24, 2.45) is 0 Å². The molecule has 0 aliphatic carbocycles. The van der Waals surface area contributed by atoms with Crippen molar-refractivity contribution in [3.63, 3.8) is 0 Å². The third kappa shape index (κ3) is 3.90. The van der Waals surface area contributed by atoms with E-state index in [-0.39, 0.29) is 18.5 Å². The van der Waals surface area contributed by atoms with Gasteiger partial charge in [0, 0.05) is 18.1 Å². The molecule has 0 radical (unpaired) electrons. The zero-order valence-electron chi connectivity index (χ0n) is 17.2. The van der Waals surface area contributed by atoms with Gasteiger partial charge in [0.15, 0.2) is 0 Å². The average Bonchev–Trinajstić information content (AvgIpc) is 3.40. The van der Waals surface area contributed by atoms with E-state index in [1.54, 1.807) is 11.1 Å². The maximum atomic E-state index is 13.4. The summed E-state index contributed by atoms with van der Waals surface area (Å²) in [6.07, 6.45) is 1.72. The summed E-state index contributed by atoms with van der Waals surface area (Å²) < 4.78 is 0. The van der Waals surface area contributed by atoms with Crippen LogP contribution in [0, 0.1) is 0 Å². The first kappa shape index (κ1) is 20.1. The molecule has 1 unspecified atom stereocenters. The van der Waals surface area contributed by atoms with Gasteiger partial charge in [-0.2, -0.15) is 0 Å². The minimum Gasteiger partial charge on any atom is -0.304 e. The summed E-state index contributed by atoms with van der Waals surface area (Å²) in [5.41, 5.74) is 3.22. The van der Waals surface area contributed by atoms with E-state index < -0.39 is 6.04 Å². The minimum absolute atomic E-state index is 0.135. The average molecular weight is 441 g/mol. The van der Waals surface area contributed by atoms with Crippen LogP contribution in [-0.4, -0.2) is 31.7 Å². The van der Waals surface area contributed by atoms with Crippen LogP contribution in [0.25, 0.3) is 10.7 Å². The summed E-state index contributed by atoms with van der Waals surface area (Å²) in [6, 6.07) is 23.9. The quantitative estimate of drug-likeness (QED) is 0.400. The van der Waals surface area contributed by atoms with Gasteiger partial charge in [0.2, 0.25) is 0 Å². The Hall–Kier alpha value is -3.84. The van der Waals surface area contributed by atoms with Crippen molar-refractivity contribution in [2.75, 3.05) is 0 Å². The molecule has 2 aromatic heterocycles. The first-order chi connectivity index (χ1) is 15.7. The summed E-state index contributed by atoms with van der Waals surface area (Å²) in [6.45, 7) is 0.493. The molecule has 1 saturated heterocycles. The van der Waals surface area contributed by atoms with Gasteiger partial charge in [-0.1, -0.05) is 66.7 Å². The Morgan fingerprint density at radius 2 is 1.56 bits per heavy atom. The van der Waals surface area contributed by atoms with E-state index in [0.717, 1.165) is 21.8 Å².